The molecule has 0 saturated carbocycles. The molecule has 0 bridgehead atoms. The molecule has 2 rings (SSSR count). The molecule has 0 unspecified atom stereocenters. The molecule has 0 aliphatic rings. The molecule has 3 nitrogen and oxygen atoms in total. The predicted molar refractivity (Wildman–Crippen MR) is 68.9 cm³/mol. The fourth-order valence-electron chi connectivity index (χ4n) is 1.54. The lowest BCUT2D eigenvalue weighted by Crippen LogP contribution is -1.96. The molecule has 0 N–H and O–H groups in total. The molecule has 0 amide bonds. The summed E-state index contributed by atoms with van der Waals surface area (Å²) in [5.74, 6) is 1.74. The minimum Gasteiger partial charge on any atom is -0.460 e. The van der Waals surface area contributed by atoms with Gasteiger partial charge >= 0.3 is 0 Å². The van der Waals surface area contributed by atoms with E-state index in [-0.39, 0.29) is 0 Å². The first-order valence-corrected chi connectivity index (χ1v) is 6.18. The van der Waals surface area contributed by atoms with Crippen molar-refractivity contribution in [1.29, 1.82) is 0 Å². The van der Waals surface area contributed by atoms with Crippen LogP contribution in [0.3, 0.4) is 0 Å². The van der Waals surface area contributed by atoms with Crippen molar-refractivity contribution in [2.45, 2.75) is 6.92 Å². The van der Waals surface area contributed by atoms with E-state index in [0.29, 0.717) is 5.33 Å². The fraction of sp³-hybridized carbons (Fsp3) is 0.250. The Morgan fingerprint density at radius 2 is 2.38 bits per heavy atom. The van der Waals surface area contributed by atoms with Gasteiger partial charge in [-0.15, -0.1) is 0 Å². The van der Waals surface area contributed by atoms with Crippen LogP contribution in [0.2, 0.25) is 0 Å². The zero-order valence-electron chi connectivity index (χ0n) is 9.27. The van der Waals surface area contributed by atoms with Gasteiger partial charge in [0, 0.05) is 7.05 Å². The van der Waals surface area contributed by atoms with Crippen LogP contribution in [-0.4, -0.2) is 15.1 Å². The normalized spacial score (nSPS) is 12.1. The molecule has 2 aromatic rings. The van der Waals surface area contributed by atoms with Crippen molar-refractivity contribution in [3.05, 3.63) is 36.2 Å². The molecule has 4 heteroatoms. The summed E-state index contributed by atoms with van der Waals surface area (Å²) in [4.78, 5) is 0. The standard InChI is InChI=1S/C12H13BrN2O/c1-3-9(7-13)16-12-6-4-5-11-10(12)8-14-15(11)2/h3-6,8H,7H2,1-2H3/b9-3+. The molecular formula is C12H13BrN2O. The highest BCUT2D eigenvalue weighted by Gasteiger charge is 2.07. The smallest absolute Gasteiger partial charge is 0.137 e. The fourth-order valence-corrected chi connectivity index (χ4v) is 1.98. The summed E-state index contributed by atoms with van der Waals surface area (Å²) in [5.41, 5.74) is 1.07. The predicted octanol–water partition coefficient (Wildman–Crippen LogP) is 3.25. The van der Waals surface area contributed by atoms with Gasteiger partial charge in [-0.05, 0) is 25.1 Å². The van der Waals surface area contributed by atoms with Gasteiger partial charge in [-0.2, -0.15) is 5.10 Å². The summed E-state index contributed by atoms with van der Waals surface area (Å²) in [6.45, 7) is 1.96. The second-order valence-corrected chi connectivity index (χ2v) is 4.01. The third-order valence-electron chi connectivity index (χ3n) is 2.45. The maximum Gasteiger partial charge on any atom is 0.137 e. The minimum absolute atomic E-state index is 0.708. The molecular weight excluding hydrogens is 268 g/mol. The van der Waals surface area contributed by atoms with Crippen LogP contribution in [0.15, 0.2) is 36.2 Å². The molecule has 84 valence electrons. The molecule has 0 saturated heterocycles. The summed E-state index contributed by atoms with van der Waals surface area (Å²) < 4.78 is 7.64. The van der Waals surface area contributed by atoms with Crippen molar-refractivity contribution in [2.24, 2.45) is 7.05 Å². The molecule has 16 heavy (non-hydrogen) atoms. The number of benzene rings is 1. The van der Waals surface area contributed by atoms with E-state index in [2.05, 4.69) is 21.0 Å². The number of halogens is 1. The van der Waals surface area contributed by atoms with Crippen LogP contribution in [0, 0.1) is 0 Å². The number of ether oxygens (including phenoxy) is 1. The summed E-state index contributed by atoms with van der Waals surface area (Å²) in [5, 5.41) is 5.96. The molecule has 0 radical (unpaired) electrons. The molecule has 0 atom stereocenters. The molecule has 1 aromatic carbocycles. The number of hydrogen-bond donors (Lipinski definition) is 0. The van der Waals surface area contributed by atoms with E-state index in [0.717, 1.165) is 22.4 Å². The number of aryl methyl sites for hydroxylation is 1. The highest BCUT2D eigenvalue weighted by Crippen LogP contribution is 2.26. The zero-order chi connectivity index (χ0) is 11.5. The maximum absolute atomic E-state index is 5.80. The second-order valence-electron chi connectivity index (χ2n) is 3.45. The van der Waals surface area contributed by atoms with Crippen molar-refractivity contribution >= 4 is 26.8 Å². The lowest BCUT2D eigenvalue weighted by molar-refractivity contribution is 0.435. The van der Waals surface area contributed by atoms with Gasteiger partial charge in [0.25, 0.3) is 0 Å². The molecule has 1 heterocycles. The van der Waals surface area contributed by atoms with Crippen LogP contribution in [-0.2, 0) is 7.05 Å². The first-order valence-electron chi connectivity index (χ1n) is 5.06. The SMILES string of the molecule is C/C=C(\CBr)Oc1cccc2c1cnn2C. The Bertz CT molecular complexity index is 531. The van der Waals surface area contributed by atoms with E-state index in [1.165, 1.54) is 0 Å². The number of alkyl halides is 1. The van der Waals surface area contributed by atoms with E-state index < -0.39 is 0 Å². The molecule has 0 aliphatic carbocycles. The summed E-state index contributed by atoms with van der Waals surface area (Å²) in [7, 11) is 1.92. The van der Waals surface area contributed by atoms with E-state index >= 15 is 0 Å². The number of hydrogen-bond acceptors (Lipinski definition) is 2. The lowest BCUT2D eigenvalue weighted by atomic mass is 10.2. The monoisotopic (exact) mass is 280 g/mol. The Hall–Kier alpha value is -1.29. The number of allylic oxidation sites excluding steroid dienone is 2. The maximum atomic E-state index is 5.80. The largest absolute Gasteiger partial charge is 0.460 e. The van der Waals surface area contributed by atoms with Crippen LogP contribution in [0.1, 0.15) is 6.92 Å². The van der Waals surface area contributed by atoms with E-state index in [4.69, 9.17) is 4.74 Å². The molecule has 0 aliphatic heterocycles. The van der Waals surface area contributed by atoms with E-state index in [9.17, 15) is 0 Å². The van der Waals surface area contributed by atoms with Gasteiger partial charge in [0.15, 0.2) is 0 Å². The average Bonchev–Trinajstić information content (AvgIpc) is 2.69. The zero-order valence-corrected chi connectivity index (χ0v) is 10.9. The quantitative estimate of drug-likeness (QED) is 0.638. The van der Waals surface area contributed by atoms with Crippen LogP contribution in [0.25, 0.3) is 10.9 Å². The highest BCUT2D eigenvalue weighted by atomic mass is 79.9. The van der Waals surface area contributed by atoms with Crippen LogP contribution >= 0.6 is 15.9 Å². The van der Waals surface area contributed by atoms with Crippen molar-refractivity contribution in [2.75, 3.05) is 5.33 Å². The first kappa shape index (κ1) is 11.2. The third kappa shape index (κ3) is 1.97. The van der Waals surface area contributed by atoms with Crippen LogP contribution in [0.5, 0.6) is 5.75 Å². The molecule has 0 spiro atoms. The summed E-state index contributed by atoms with van der Waals surface area (Å²) >= 11 is 3.39. The lowest BCUT2D eigenvalue weighted by Gasteiger charge is -2.08. The summed E-state index contributed by atoms with van der Waals surface area (Å²) in [6.07, 6.45) is 3.77. The van der Waals surface area contributed by atoms with E-state index in [1.54, 1.807) is 0 Å². The Kier molecular flexibility index (Phi) is 3.29. The van der Waals surface area contributed by atoms with Gasteiger partial charge in [-0.25, -0.2) is 0 Å². The number of nitrogens with zero attached hydrogens (tertiary/aromatic N) is 2. The highest BCUT2D eigenvalue weighted by molar-refractivity contribution is 9.09. The van der Waals surface area contributed by atoms with Gasteiger partial charge in [0.2, 0.25) is 0 Å². The van der Waals surface area contributed by atoms with Gasteiger partial charge in [0.05, 0.1) is 22.4 Å². The first-order chi connectivity index (χ1) is 7.76. The minimum atomic E-state index is 0.708. The number of rotatable bonds is 3. The van der Waals surface area contributed by atoms with Crippen molar-refractivity contribution in [3.63, 3.8) is 0 Å². The van der Waals surface area contributed by atoms with Crippen molar-refractivity contribution in [1.82, 2.24) is 9.78 Å². The van der Waals surface area contributed by atoms with Gasteiger partial charge < -0.3 is 4.74 Å². The Morgan fingerprint density at radius 1 is 1.56 bits per heavy atom. The molecule has 0 fully saturated rings. The van der Waals surface area contributed by atoms with E-state index in [1.807, 2.05) is 49.1 Å². The van der Waals surface area contributed by atoms with Crippen molar-refractivity contribution in [3.8, 4) is 5.75 Å². The second kappa shape index (κ2) is 4.70. The van der Waals surface area contributed by atoms with Crippen molar-refractivity contribution < 1.29 is 4.74 Å². The average molecular weight is 281 g/mol. The third-order valence-corrected chi connectivity index (χ3v) is 3.00. The van der Waals surface area contributed by atoms with Gasteiger partial charge in [-0.3, -0.25) is 4.68 Å². The summed E-state index contributed by atoms with van der Waals surface area (Å²) in [6, 6.07) is 5.95. The van der Waals surface area contributed by atoms with Crippen LogP contribution < -0.4 is 4.74 Å². The Labute approximate surface area is 103 Å². The number of fused-ring (bicyclic) bond motifs is 1. The number of aromatic nitrogens is 2. The van der Waals surface area contributed by atoms with Gasteiger partial charge in [0.1, 0.15) is 11.5 Å². The Morgan fingerprint density at radius 3 is 3.06 bits per heavy atom. The topological polar surface area (TPSA) is 27.1 Å². The van der Waals surface area contributed by atoms with Gasteiger partial charge in [-0.1, -0.05) is 22.0 Å². The Balaban J connectivity index is 2.45. The van der Waals surface area contributed by atoms with Crippen LogP contribution in [0.4, 0.5) is 0 Å². The molecule has 1 aromatic heterocycles.